The zero-order chi connectivity index (χ0) is 15.6. The van der Waals surface area contributed by atoms with Gasteiger partial charge in [-0.25, -0.2) is 13.4 Å². The van der Waals surface area contributed by atoms with Gasteiger partial charge in [-0.2, -0.15) is 16.1 Å². The zero-order valence-electron chi connectivity index (χ0n) is 12.2. The van der Waals surface area contributed by atoms with Crippen LogP contribution < -0.4 is 0 Å². The average Bonchev–Trinajstić information content (AvgIpc) is 3.18. The maximum atomic E-state index is 13.0. The third-order valence-corrected chi connectivity index (χ3v) is 7.30. The summed E-state index contributed by atoms with van der Waals surface area (Å²) in [6.07, 6.45) is 4.14. The van der Waals surface area contributed by atoms with Gasteiger partial charge in [0, 0.05) is 31.1 Å². The summed E-state index contributed by atoms with van der Waals surface area (Å²) in [7, 11) is -3.57. The molecule has 22 heavy (non-hydrogen) atoms. The van der Waals surface area contributed by atoms with E-state index in [1.165, 1.54) is 18.3 Å². The van der Waals surface area contributed by atoms with Gasteiger partial charge in [0.2, 0.25) is 10.0 Å². The molecule has 0 radical (unpaired) electrons. The number of sulfonamides is 1. The summed E-state index contributed by atoms with van der Waals surface area (Å²) < 4.78 is 33.3. The van der Waals surface area contributed by atoms with E-state index in [1.54, 1.807) is 16.1 Å². The van der Waals surface area contributed by atoms with E-state index < -0.39 is 10.0 Å². The largest absolute Gasteiger partial charge is 0.377 e. The molecule has 122 valence electrons. The van der Waals surface area contributed by atoms with Crippen molar-refractivity contribution in [1.82, 2.24) is 9.29 Å². The fourth-order valence-electron chi connectivity index (χ4n) is 2.83. The molecular formula is C14H19ClN2O3S2. The van der Waals surface area contributed by atoms with Crippen LogP contribution in [0.1, 0.15) is 19.3 Å². The summed E-state index contributed by atoms with van der Waals surface area (Å²) in [6.45, 7) is 1.15. The van der Waals surface area contributed by atoms with E-state index >= 15 is 0 Å². The minimum absolute atomic E-state index is 0.000587. The lowest BCUT2D eigenvalue weighted by atomic mass is 10.2. The Bertz CT molecular complexity index is 597. The van der Waals surface area contributed by atoms with Crippen LogP contribution >= 0.6 is 23.4 Å². The highest BCUT2D eigenvalue weighted by atomic mass is 35.5. The molecule has 1 aromatic rings. The zero-order valence-corrected chi connectivity index (χ0v) is 14.5. The lowest BCUT2D eigenvalue weighted by molar-refractivity contribution is 0.0877. The van der Waals surface area contributed by atoms with E-state index in [9.17, 15) is 8.42 Å². The molecule has 0 unspecified atom stereocenters. The summed E-state index contributed by atoms with van der Waals surface area (Å²) >= 11 is 7.56. The van der Waals surface area contributed by atoms with Gasteiger partial charge in [0.1, 0.15) is 10.0 Å². The molecule has 5 nitrogen and oxygen atoms in total. The van der Waals surface area contributed by atoms with Crippen LogP contribution in [-0.2, 0) is 14.8 Å². The van der Waals surface area contributed by atoms with E-state index in [2.05, 4.69) is 4.98 Å². The molecule has 2 aliphatic rings. The molecule has 8 heteroatoms. The molecule has 3 rings (SSSR count). The number of aromatic nitrogens is 1. The third-order valence-electron chi connectivity index (χ3n) is 4.03. The van der Waals surface area contributed by atoms with Crippen LogP contribution in [0, 0.1) is 0 Å². The number of halogens is 1. The van der Waals surface area contributed by atoms with Crippen LogP contribution in [-0.4, -0.2) is 54.5 Å². The summed E-state index contributed by atoms with van der Waals surface area (Å²) in [5.74, 6) is 1.84. The average molecular weight is 363 g/mol. The van der Waals surface area contributed by atoms with Gasteiger partial charge in [0.05, 0.1) is 6.10 Å². The van der Waals surface area contributed by atoms with Crippen molar-refractivity contribution < 1.29 is 13.2 Å². The molecule has 0 aliphatic carbocycles. The number of nitrogens with zero attached hydrogens (tertiary/aromatic N) is 2. The van der Waals surface area contributed by atoms with Crippen molar-refractivity contribution in [3.05, 3.63) is 23.5 Å². The van der Waals surface area contributed by atoms with E-state index in [1.807, 2.05) is 0 Å². The second kappa shape index (κ2) is 7.05. The van der Waals surface area contributed by atoms with Crippen LogP contribution in [0.3, 0.4) is 0 Å². The van der Waals surface area contributed by atoms with E-state index in [-0.39, 0.29) is 17.0 Å². The first-order chi connectivity index (χ1) is 10.6. The minimum Gasteiger partial charge on any atom is -0.377 e. The van der Waals surface area contributed by atoms with Crippen molar-refractivity contribution in [3.63, 3.8) is 0 Å². The number of hydrogen-bond acceptors (Lipinski definition) is 5. The molecule has 1 aromatic heterocycles. The molecule has 0 N–H and O–H groups in total. The number of ether oxygens (including phenoxy) is 1. The van der Waals surface area contributed by atoms with E-state index in [0.29, 0.717) is 11.7 Å². The highest BCUT2D eigenvalue weighted by Crippen LogP contribution is 2.29. The van der Waals surface area contributed by atoms with Crippen LogP contribution in [0.4, 0.5) is 0 Å². The van der Waals surface area contributed by atoms with Gasteiger partial charge in [0.25, 0.3) is 0 Å². The predicted octanol–water partition coefficient (Wildman–Crippen LogP) is 2.41. The highest BCUT2D eigenvalue weighted by Gasteiger charge is 2.36. The van der Waals surface area contributed by atoms with Gasteiger partial charge < -0.3 is 4.74 Å². The van der Waals surface area contributed by atoms with Gasteiger partial charge in [0.15, 0.2) is 0 Å². The monoisotopic (exact) mass is 362 g/mol. The molecule has 2 aliphatic heterocycles. The standard InChI is InChI=1S/C14H19ClN2O3S2/c15-14-4-3-13(8-16-14)22(18,19)17(11-5-7-21-10-11)9-12-2-1-6-20-12/h3-4,8,11-12H,1-2,5-7,9-10H2/t11-,12+/m0/s1. The first-order valence-corrected chi connectivity index (χ1v) is 10.4. The van der Waals surface area contributed by atoms with Crippen LogP contribution in [0.2, 0.25) is 5.15 Å². The summed E-state index contributed by atoms with van der Waals surface area (Å²) in [6, 6.07) is 3.08. The Kier molecular flexibility index (Phi) is 5.29. The summed E-state index contributed by atoms with van der Waals surface area (Å²) in [5.41, 5.74) is 0. The van der Waals surface area contributed by atoms with Crippen LogP contribution in [0.5, 0.6) is 0 Å². The number of thioether (sulfide) groups is 1. The minimum atomic E-state index is -3.57. The van der Waals surface area contributed by atoms with Gasteiger partial charge in [-0.05, 0) is 37.1 Å². The fourth-order valence-corrected chi connectivity index (χ4v) is 5.89. The molecule has 2 fully saturated rings. The Morgan fingerprint density at radius 2 is 2.27 bits per heavy atom. The van der Waals surface area contributed by atoms with Crippen molar-refractivity contribution in [2.75, 3.05) is 24.7 Å². The maximum Gasteiger partial charge on any atom is 0.244 e. The molecule has 0 aromatic carbocycles. The van der Waals surface area contributed by atoms with E-state index in [4.69, 9.17) is 16.3 Å². The first-order valence-electron chi connectivity index (χ1n) is 7.40. The van der Waals surface area contributed by atoms with Crippen molar-refractivity contribution in [3.8, 4) is 0 Å². The van der Waals surface area contributed by atoms with E-state index in [0.717, 1.165) is 37.4 Å². The fraction of sp³-hybridized carbons (Fsp3) is 0.643. The van der Waals surface area contributed by atoms with Crippen molar-refractivity contribution in [1.29, 1.82) is 0 Å². The summed E-state index contributed by atoms with van der Waals surface area (Å²) in [4.78, 5) is 4.11. The number of pyridine rings is 1. The van der Waals surface area contributed by atoms with Crippen molar-refractivity contribution in [2.24, 2.45) is 0 Å². The quantitative estimate of drug-likeness (QED) is 0.753. The second-order valence-electron chi connectivity index (χ2n) is 5.54. The lowest BCUT2D eigenvalue weighted by Gasteiger charge is -2.29. The Morgan fingerprint density at radius 1 is 1.41 bits per heavy atom. The topological polar surface area (TPSA) is 59.5 Å². The van der Waals surface area contributed by atoms with Gasteiger partial charge >= 0.3 is 0 Å². The Balaban J connectivity index is 1.87. The molecule has 0 amide bonds. The molecule has 2 atom stereocenters. The molecule has 0 bridgehead atoms. The van der Waals surface area contributed by atoms with Crippen molar-refractivity contribution in [2.45, 2.75) is 36.3 Å². The molecular weight excluding hydrogens is 344 g/mol. The summed E-state index contributed by atoms with van der Waals surface area (Å²) in [5, 5.41) is 0.293. The van der Waals surface area contributed by atoms with Crippen LogP contribution in [0.25, 0.3) is 0 Å². The normalized spacial score (nSPS) is 25.9. The Hall–Kier alpha value is -0.340. The molecule has 2 saturated heterocycles. The molecule has 0 saturated carbocycles. The molecule has 3 heterocycles. The third kappa shape index (κ3) is 3.59. The number of hydrogen-bond donors (Lipinski definition) is 0. The highest BCUT2D eigenvalue weighted by molar-refractivity contribution is 7.99. The lowest BCUT2D eigenvalue weighted by Crippen LogP contribution is -2.44. The van der Waals surface area contributed by atoms with Crippen molar-refractivity contribution >= 4 is 33.4 Å². The number of rotatable bonds is 5. The SMILES string of the molecule is O=S(=O)(c1ccc(Cl)nc1)N(C[C@H]1CCCO1)[C@H]1CCSC1. The smallest absolute Gasteiger partial charge is 0.244 e. The van der Waals surface area contributed by atoms with Crippen LogP contribution in [0.15, 0.2) is 23.2 Å². The van der Waals surface area contributed by atoms with Gasteiger partial charge in [-0.3, -0.25) is 0 Å². The molecule has 0 spiro atoms. The van der Waals surface area contributed by atoms with Gasteiger partial charge in [-0.1, -0.05) is 11.6 Å². The Labute approximate surface area is 140 Å². The first kappa shape index (κ1) is 16.5. The van der Waals surface area contributed by atoms with Gasteiger partial charge in [-0.15, -0.1) is 0 Å². The second-order valence-corrected chi connectivity index (χ2v) is 8.97. The maximum absolute atomic E-state index is 13.0. The Morgan fingerprint density at radius 3 is 2.86 bits per heavy atom. The predicted molar refractivity (Wildman–Crippen MR) is 87.8 cm³/mol.